The Kier molecular flexibility index (Phi) is 6.73. The number of hydrogen-bond acceptors (Lipinski definition) is 3. The van der Waals surface area contributed by atoms with E-state index in [0.29, 0.717) is 25.2 Å². The predicted molar refractivity (Wildman–Crippen MR) is 92.2 cm³/mol. The molecule has 1 N–H and O–H groups in total. The molecular weight excluding hydrogens is 309 g/mol. The Morgan fingerprint density at radius 2 is 2.04 bits per heavy atom. The number of amides is 2. The predicted octanol–water partition coefficient (Wildman–Crippen LogP) is 2.49. The highest BCUT2D eigenvalue weighted by atomic mass is 19.1. The van der Waals surface area contributed by atoms with E-state index in [-0.39, 0.29) is 23.7 Å². The van der Waals surface area contributed by atoms with Crippen LogP contribution in [0.4, 0.5) is 10.1 Å². The van der Waals surface area contributed by atoms with Crippen LogP contribution in [-0.2, 0) is 9.59 Å². The van der Waals surface area contributed by atoms with Crippen LogP contribution >= 0.6 is 0 Å². The standard InChI is InChI=1S/C18H26FN3O2/c1-3-6-17(23)22-10-5-9-21(11-12-22)14(2)18(24)20-16-8-4-7-15(19)13-16/h4,7-8,13-14H,3,5-6,9-12H2,1-2H3,(H,20,24). The normalized spacial score (nSPS) is 17.2. The highest BCUT2D eigenvalue weighted by Crippen LogP contribution is 2.13. The summed E-state index contributed by atoms with van der Waals surface area (Å²) in [7, 11) is 0. The average Bonchev–Trinajstić information content (AvgIpc) is 2.80. The quantitative estimate of drug-likeness (QED) is 0.899. The molecule has 6 heteroatoms. The first-order chi connectivity index (χ1) is 11.5. The highest BCUT2D eigenvalue weighted by molar-refractivity contribution is 5.94. The molecule has 1 aliphatic heterocycles. The molecule has 1 saturated heterocycles. The minimum Gasteiger partial charge on any atom is -0.341 e. The molecule has 1 fully saturated rings. The Morgan fingerprint density at radius 3 is 2.75 bits per heavy atom. The number of nitrogens with zero attached hydrogens (tertiary/aromatic N) is 2. The summed E-state index contributed by atoms with van der Waals surface area (Å²) in [4.78, 5) is 28.4. The van der Waals surface area contributed by atoms with E-state index in [1.54, 1.807) is 12.1 Å². The molecule has 5 nitrogen and oxygen atoms in total. The monoisotopic (exact) mass is 335 g/mol. The van der Waals surface area contributed by atoms with Gasteiger partial charge in [-0.05, 0) is 38.0 Å². The van der Waals surface area contributed by atoms with Gasteiger partial charge in [-0.1, -0.05) is 13.0 Å². The molecule has 0 bridgehead atoms. The van der Waals surface area contributed by atoms with Crippen molar-refractivity contribution in [1.29, 1.82) is 0 Å². The summed E-state index contributed by atoms with van der Waals surface area (Å²) in [6, 6.07) is 5.56. The Labute approximate surface area is 142 Å². The van der Waals surface area contributed by atoms with Crippen molar-refractivity contribution in [2.75, 3.05) is 31.5 Å². The average molecular weight is 335 g/mol. The number of nitrogens with one attached hydrogen (secondary N) is 1. The van der Waals surface area contributed by atoms with Gasteiger partial charge in [-0.3, -0.25) is 14.5 Å². The lowest BCUT2D eigenvalue weighted by Crippen LogP contribution is -2.44. The summed E-state index contributed by atoms with van der Waals surface area (Å²) in [5.74, 6) is -0.342. The minimum absolute atomic E-state index is 0.158. The molecule has 1 heterocycles. The summed E-state index contributed by atoms with van der Waals surface area (Å²) < 4.78 is 13.2. The Morgan fingerprint density at radius 1 is 1.25 bits per heavy atom. The third kappa shape index (κ3) is 5.03. The molecule has 1 aliphatic rings. The largest absolute Gasteiger partial charge is 0.341 e. The number of benzene rings is 1. The van der Waals surface area contributed by atoms with Crippen LogP contribution < -0.4 is 5.32 Å². The molecule has 0 aliphatic carbocycles. The number of halogens is 1. The van der Waals surface area contributed by atoms with Gasteiger partial charge < -0.3 is 10.2 Å². The first-order valence-corrected chi connectivity index (χ1v) is 8.59. The number of carbonyl (C=O) groups is 2. The van der Waals surface area contributed by atoms with Crippen LogP contribution in [0.3, 0.4) is 0 Å². The van der Waals surface area contributed by atoms with Crippen molar-refractivity contribution in [2.24, 2.45) is 0 Å². The van der Waals surface area contributed by atoms with Crippen LogP contribution in [0.1, 0.15) is 33.1 Å². The fourth-order valence-electron chi connectivity index (χ4n) is 2.92. The molecule has 0 spiro atoms. The van der Waals surface area contributed by atoms with Crippen molar-refractivity contribution in [2.45, 2.75) is 39.2 Å². The van der Waals surface area contributed by atoms with E-state index in [2.05, 4.69) is 10.2 Å². The van der Waals surface area contributed by atoms with Gasteiger partial charge in [0.1, 0.15) is 5.82 Å². The van der Waals surface area contributed by atoms with E-state index in [0.717, 1.165) is 25.9 Å². The maximum Gasteiger partial charge on any atom is 0.241 e. The fraction of sp³-hybridized carbons (Fsp3) is 0.556. The van der Waals surface area contributed by atoms with E-state index in [4.69, 9.17) is 0 Å². The first-order valence-electron chi connectivity index (χ1n) is 8.59. The lowest BCUT2D eigenvalue weighted by atomic mass is 10.2. The topological polar surface area (TPSA) is 52.7 Å². The lowest BCUT2D eigenvalue weighted by Gasteiger charge is -2.27. The molecule has 2 rings (SSSR count). The van der Waals surface area contributed by atoms with Crippen LogP contribution in [0.25, 0.3) is 0 Å². The minimum atomic E-state index is -0.375. The van der Waals surface area contributed by atoms with Crippen molar-refractivity contribution < 1.29 is 14.0 Å². The van der Waals surface area contributed by atoms with Crippen molar-refractivity contribution in [3.8, 4) is 0 Å². The second-order valence-corrected chi connectivity index (χ2v) is 6.20. The third-order valence-corrected chi connectivity index (χ3v) is 4.37. The smallest absolute Gasteiger partial charge is 0.241 e. The molecule has 0 saturated carbocycles. The van der Waals surface area contributed by atoms with Gasteiger partial charge in [-0.2, -0.15) is 0 Å². The molecule has 1 aromatic rings. The van der Waals surface area contributed by atoms with Crippen molar-refractivity contribution in [3.63, 3.8) is 0 Å². The van der Waals surface area contributed by atoms with Crippen LogP contribution in [-0.4, -0.2) is 53.8 Å². The lowest BCUT2D eigenvalue weighted by molar-refractivity contribution is -0.131. The summed E-state index contributed by atoms with van der Waals surface area (Å²) in [6.45, 7) is 6.68. The maximum atomic E-state index is 13.2. The van der Waals surface area contributed by atoms with Crippen LogP contribution in [0, 0.1) is 5.82 Å². The molecule has 0 radical (unpaired) electrons. The molecule has 1 unspecified atom stereocenters. The Bertz CT molecular complexity index is 579. The van der Waals surface area contributed by atoms with Gasteiger partial charge >= 0.3 is 0 Å². The van der Waals surface area contributed by atoms with E-state index < -0.39 is 0 Å². The highest BCUT2D eigenvalue weighted by Gasteiger charge is 2.25. The van der Waals surface area contributed by atoms with Gasteiger partial charge in [0, 0.05) is 38.3 Å². The third-order valence-electron chi connectivity index (χ3n) is 4.37. The molecule has 1 atom stereocenters. The Balaban J connectivity index is 1.90. The van der Waals surface area contributed by atoms with Gasteiger partial charge in [0.15, 0.2) is 0 Å². The van der Waals surface area contributed by atoms with Crippen molar-refractivity contribution in [3.05, 3.63) is 30.1 Å². The van der Waals surface area contributed by atoms with Gasteiger partial charge in [0.25, 0.3) is 0 Å². The van der Waals surface area contributed by atoms with Gasteiger partial charge in [-0.15, -0.1) is 0 Å². The summed E-state index contributed by atoms with van der Waals surface area (Å²) in [6.07, 6.45) is 2.29. The van der Waals surface area contributed by atoms with E-state index in [1.165, 1.54) is 12.1 Å². The number of anilines is 1. The number of hydrogen-bond donors (Lipinski definition) is 1. The van der Waals surface area contributed by atoms with E-state index in [9.17, 15) is 14.0 Å². The van der Waals surface area contributed by atoms with E-state index in [1.807, 2.05) is 18.7 Å². The van der Waals surface area contributed by atoms with Crippen molar-refractivity contribution in [1.82, 2.24) is 9.80 Å². The second kappa shape index (κ2) is 8.78. The zero-order chi connectivity index (χ0) is 17.5. The van der Waals surface area contributed by atoms with E-state index >= 15 is 0 Å². The Hall–Kier alpha value is -1.95. The van der Waals surface area contributed by atoms with Crippen molar-refractivity contribution >= 4 is 17.5 Å². The fourth-order valence-corrected chi connectivity index (χ4v) is 2.92. The number of carbonyl (C=O) groups excluding carboxylic acids is 2. The summed E-state index contributed by atoms with van der Waals surface area (Å²) >= 11 is 0. The molecule has 2 amide bonds. The maximum absolute atomic E-state index is 13.2. The molecule has 132 valence electrons. The van der Waals surface area contributed by atoms with Crippen LogP contribution in [0.5, 0.6) is 0 Å². The molecule has 24 heavy (non-hydrogen) atoms. The SMILES string of the molecule is CCCC(=O)N1CCCN(C(C)C(=O)Nc2cccc(F)c2)CC1. The van der Waals surface area contributed by atoms with Crippen LogP contribution in [0.15, 0.2) is 24.3 Å². The molecular formula is C18H26FN3O2. The molecule has 1 aromatic carbocycles. The molecule has 0 aromatic heterocycles. The first kappa shape index (κ1) is 18.4. The zero-order valence-corrected chi connectivity index (χ0v) is 14.4. The van der Waals surface area contributed by atoms with Gasteiger partial charge in [0.05, 0.1) is 6.04 Å². The number of rotatable bonds is 5. The zero-order valence-electron chi connectivity index (χ0n) is 14.4. The van der Waals surface area contributed by atoms with Crippen LogP contribution in [0.2, 0.25) is 0 Å². The van der Waals surface area contributed by atoms with Gasteiger partial charge in [-0.25, -0.2) is 4.39 Å². The van der Waals surface area contributed by atoms with Gasteiger partial charge in [0.2, 0.25) is 11.8 Å². The summed E-state index contributed by atoms with van der Waals surface area (Å²) in [5.41, 5.74) is 0.460. The summed E-state index contributed by atoms with van der Waals surface area (Å²) in [5, 5.41) is 2.75. The second-order valence-electron chi connectivity index (χ2n) is 6.20.